The van der Waals surface area contributed by atoms with E-state index in [0.717, 1.165) is 0 Å². The summed E-state index contributed by atoms with van der Waals surface area (Å²) in [6.07, 6.45) is 26.4. The van der Waals surface area contributed by atoms with E-state index in [9.17, 15) is 0 Å². The molecule has 0 atom stereocenters. The third-order valence-corrected chi connectivity index (χ3v) is 4.46. The van der Waals surface area contributed by atoms with E-state index >= 15 is 0 Å². The highest BCUT2D eigenvalue weighted by Gasteiger charge is 1.94. The topological polar surface area (TPSA) is 20.2 Å². The normalized spacial score (nSPS) is 10.4. The van der Waals surface area contributed by atoms with Crippen molar-refractivity contribution in [3.63, 3.8) is 0 Å². The molecule has 0 aliphatic rings. The van der Waals surface area contributed by atoms with E-state index in [0.29, 0.717) is 0 Å². The van der Waals surface area contributed by atoms with Crippen molar-refractivity contribution in [3.8, 4) is 0 Å². The van der Waals surface area contributed by atoms with Gasteiger partial charge in [0, 0.05) is 0 Å². The second-order valence-corrected chi connectivity index (χ2v) is 6.66. The SMILES string of the molecule is CCCCCCCCCCCCCCCCCCCC.OCl. The van der Waals surface area contributed by atoms with Crippen LogP contribution >= 0.6 is 11.9 Å². The lowest BCUT2D eigenvalue weighted by Gasteiger charge is -2.03. The van der Waals surface area contributed by atoms with E-state index in [-0.39, 0.29) is 0 Å². The molecule has 0 aliphatic carbocycles. The maximum absolute atomic E-state index is 6.47. The molecule has 136 valence electrons. The van der Waals surface area contributed by atoms with E-state index in [4.69, 9.17) is 4.66 Å². The average molecular weight is 335 g/mol. The monoisotopic (exact) mass is 334 g/mol. The van der Waals surface area contributed by atoms with E-state index in [2.05, 4.69) is 25.7 Å². The fourth-order valence-corrected chi connectivity index (χ4v) is 2.97. The zero-order valence-electron chi connectivity index (χ0n) is 15.6. The highest BCUT2D eigenvalue weighted by atomic mass is 35.5. The van der Waals surface area contributed by atoms with Gasteiger partial charge in [-0.15, -0.1) is 0 Å². The van der Waals surface area contributed by atoms with E-state index in [1.807, 2.05) is 0 Å². The molecule has 2 heteroatoms. The van der Waals surface area contributed by atoms with Crippen LogP contribution in [0.15, 0.2) is 0 Å². The van der Waals surface area contributed by atoms with Crippen LogP contribution in [0.2, 0.25) is 0 Å². The molecule has 0 aromatic heterocycles. The van der Waals surface area contributed by atoms with Gasteiger partial charge in [-0.25, -0.2) is 0 Å². The molecule has 0 rings (SSSR count). The Hall–Kier alpha value is 0.250. The second-order valence-electron chi connectivity index (χ2n) is 6.66. The van der Waals surface area contributed by atoms with Crippen molar-refractivity contribution in [1.29, 1.82) is 0 Å². The minimum Gasteiger partial charge on any atom is -0.295 e. The zero-order chi connectivity index (χ0) is 16.7. The Morgan fingerprint density at radius 2 is 0.500 bits per heavy atom. The third kappa shape index (κ3) is 25.2. The molecule has 0 aromatic rings. The Morgan fingerprint density at radius 3 is 0.636 bits per heavy atom. The van der Waals surface area contributed by atoms with Gasteiger partial charge in [-0.1, -0.05) is 129 Å². The number of unbranched alkanes of at least 4 members (excludes halogenated alkanes) is 17. The largest absolute Gasteiger partial charge is 0.295 e. The van der Waals surface area contributed by atoms with Crippen LogP contribution in [0.5, 0.6) is 0 Å². The summed E-state index contributed by atoms with van der Waals surface area (Å²) in [5.74, 6) is 0. The third-order valence-electron chi connectivity index (χ3n) is 4.46. The number of halogens is 1. The van der Waals surface area contributed by atoms with Crippen molar-refractivity contribution in [2.45, 2.75) is 129 Å². The van der Waals surface area contributed by atoms with E-state index < -0.39 is 0 Å². The highest BCUT2D eigenvalue weighted by Crippen LogP contribution is 2.14. The van der Waals surface area contributed by atoms with Gasteiger partial charge in [0.15, 0.2) is 0 Å². The lowest BCUT2D eigenvalue weighted by Crippen LogP contribution is -1.83. The molecule has 0 spiro atoms. The summed E-state index contributed by atoms with van der Waals surface area (Å²) in [5.41, 5.74) is 0. The Labute approximate surface area is 146 Å². The highest BCUT2D eigenvalue weighted by molar-refractivity contribution is 6.04. The van der Waals surface area contributed by atoms with Gasteiger partial charge in [0.1, 0.15) is 0 Å². The molecule has 22 heavy (non-hydrogen) atoms. The Kier molecular flexibility index (Phi) is 29.1. The first-order valence-electron chi connectivity index (χ1n) is 10.1. The van der Waals surface area contributed by atoms with Crippen molar-refractivity contribution in [2.75, 3.05) is 0 Å². The molecule has 0 unspecified atom stereocenters. The van der Waals surface area contributed by atoms with Gasteiger partial charge in [0.05, 0.1) is 11.9 Å². The van der Waals surface area contributed by atoms with Crippen molar-refractivity contribution in [1.82, 2.24) is 0 Å². The Bertz CT molecular complexity index is 144. The summed E-state index contributed by atoms with van der Waals surface area (Å²) in [6, 6.07) is 0. The summed E-state index contributed by atoms with van der Waals surface area (Å²) >= 11 is 3.64. The first-order chi connectivity index (χ1) is 10.9. The molecule has 0 bridgehead atoms. The summed E-state index contributed by atoms with van der Waals surface area (Å²) in [6.45, 7) is 4.59. The van der Waals surface area contributed by atoms with Crippen molar-refractivity contribution >= 4 is 11.9 Å². The molecule has 0 saturated heterocycles. The first-order valence-corrected chi connectivity index (χ1v) is 10.4. The van der Waals surface area contributed by atoms with Gasteiger partial charge in [0.25, 0.3) is 0 Å². The minimum atomic E-state index is 1.37. The van der Waals surface area contributed by atoms with Crippen LogP contribution in [0.25, 0.3) is 0 Å². The van der Waals surface area contributed by atoms with Crippen LogP contribution in [0.1, 0.15) is 129 Å². The molecule has 0 amide bonds. The van der Waals surface area contributed by atoms with Crippen LogP contribution in [0.4, 0.5) is 0 Å². The molecule has 0 radical (unpaired) electrons. The first kappa shape index (κ1) is 24.5. The van der Waals surface area contributed by atoms with Crippen LogP contribution in [0, 0.1) is 0 Å². The lowest BCUT2D eigenvalue weighted by molar-refractivity contribution is 0.526. The molecule has 0 aromatic carbocycles. The molecular formula is C20H43ClO. The molecule has 0 saturated carbocycles. The second kappa shape index (κ2) is 26.2. The fourth-order valence-electron chi connectivity index (χ4n) is 2.97. The smallest absolute Gasteiger partial charge is 0.0579 e. The molecular weight excluding hydrogens is 292 g/mol. The predicted molar refractivity (Wildman–Crippen MR) is 103 cm³/mol. The molecule has 1 nitrogen and oxygen atoms in total. The fraction of sp³-hybridized carbons (Fsp3) is 1.00. The maximum Gasteiger partial charge on any atom is 0.0579 e. The van der Waals surface area contributed by atoms with Crippen LogP contribution in [-0.4, -0.2) is 4.66 Å². The van der Waals surface area contributed by atoms with Crippen molar-refractivity contribution < 1.29 is 4.66 Å². The molecule has 0 fully saturated rings. The number of hydrogen-bond acceptors (Lipinski definition) is 1. The van der Waals surface area contributed by atoms with Gasteiger partial charge in [-0.05, 0) is 0 Å². The maximum atomic E-state index is 6.47. The molecule has 0 aliphatic heterocycles. The van der Waals surface area contributed by atoms with Crippen molar-refractivity contribution in [2.24, 2.45) is 0 Å². The number of rotatable bonds is 17. The lowest BCUT2D eigenvalue weighted by atomic mass is 10.0. The number of hydrogen-bond donors (Lipinski definition) is 1. The summed E-state index contributed by atoms with van der Waals surface area (Å²) in [4.78, 5) is 0. The van der Waals surface area contributed by atoms with Crippen LogP contribution < -0.4 is 0 Å². The Balaban J connectivity index is 0. The van der Waals surface area contributed by atoms with Gasteiger partial charge in [-0.2, -0.15) is 0 Å². The molecule has 0 heterocycles. The summed E-state index contributed by atoms with van der Waals surface area (Å²) in [5, 5.41) is 0. The van der Waals surface area contributed by atoms with Gasteiger partial charge in [0.2, 0.25) is 0 Å². The summed E-state index contributed by atoms with van der Waals surface area (Å²) < 4.78 is 6.47. The standard InChI is InChI=1S/C20H42.ClHO/c1-3-5-7-9-11-13-15-17-19-20-18-16-14-12-10-8-6-4-2;1-2/h3-20H2,1-2H3;2H. The van der Waals surface area contributed by atoms with Gasteiger partial charge in [-0.3, -0.25) is 4.66 Å². The van der Waals surface area contributed by atoms with Crippen molar-refractivity contribution in [3.05, 3.63) is 0 Å². The Morgan fingerprint density at radius 1 is 0.364 bits per heavy atom. The van der Waals surface area contributed by atoms with E-state index in [1.165, 1.54) is 116 Å². The zero-order valence-corrected chi connectivity index (χ0v) is 16.3. The predicted octanol–water partition coefficient (Wildman–Crippen LogP) is 8.18. The minimum absolute atomic E-state index is 1.37. The quantitative estimate of drug-likeness (QED) is 0.266. The average Bonchev–Trinajstić information content (AvgIpc) is 2.56. The van der Waals surface area contributed by atoms with Gasteiger partial charge < -0.3 is 0 Å². The van der Waals surface area contributed by atoms with Crippen LogP contribution in [0.3, 0.4) is 0 Å². The summed E-state index contributed by atoms with van der Waals surface area (Å²) in [7, 11) is 0. The van der Waals surface area contributed by atoms with E-state index in [1.54, 1.807) is 0 Å². The van der Waals surface area contributed by atoms with Crippen LogP contribution in [-0.2, 0) is 0 Å². The molecule has 1 N–H and O–H groups in total. The van der Waals surface area contributed by atoms with Gasteiger partial charge >= 0.3 is 0 Å².